The Labute approximate surface area is 172 Å². The van der Waals surface area contributed by atoms with Crippen LogP contribution in [0.4, 0.5) is 0 Å². The number of benzene rings is 3. The summed E-state index contributed by atoms with van der Waals surface area (Å²) in [5, 5.41) is 3.52. The second-order valence-electron chi connectivity index (χ2n) is 7.03. The molecule has 3 heteroatoms. The maximum atomic E-state index is 4.73. The van der Waals surface area contributed by atoms with E-state index in [4.69, 9.17) is 4.98 Å². The zero-order valence-electron chi connectivity index (χ0n) is 15.5. The van der Waals surface area contributed by atoms with Gasteiger partial charge < -0.3 is 4.40 Å². The van der Waals surface area contributed by atoms with Crippen LogP contribution in [-0.2, 0) is 20.1 Å². The van der Waals surface area contributed by atoms with E-state index in [1.54, 1.807) is 0 Å². The standard InChI is InChI=1S/C24H19N2.Ir/c1-15-7-6-8-16(2)23(15)18-11-12-22-21(13-18)19-9-4-5-10-20(19)24-25-17(3)14-26(22)24;/h4-9,11-14H,1-3H3;/q-1;. The Kier molecular flexibility index (Phi) is 4.38. The average molecular weight is 528 g/mol. The molecule has 2 aromatic heterocycles. The molecule has 3 aromatic carbocycles. The summed E-state index contributed by atoms with van der Waals surface area (Å²) < 4.78 is 2.19. The molecule has 0 aliphatic heterocycles. The van der Waals surface area contributed by atoms with Crippen LogP contribution in [0.3, 0.4) is 0 Å². The van der Waals surface area contributed by atoms with Crippen LogP contribution in [-0.4, -0.2) is 9.38 Å². The van der Waals surface area contributed by atoms with Crippen LogP contribution in [0.15, 0.2) is 60.8 Å². The van der Waals surface area contributed by atoms with Crippen molar-refractivity contribution in [3.63, 3.8) is 0 Å². The Hall–Kier alpha value is -2.48. The van der Waals surface area contributed by atoms with E-state index in [9.17, 15) is 0 Å². The number of fused-ring (bicyclic) bond motifs is 6. The van der Waals surface area contributed by atoms with E-state index in [1.165, 1.54) is 38.5 Å². The first kappa shape index (κ1) is 17.9. The first-order valence-electron chi connectivity index (χ1n) is 8.92. The normalized spacial score (nSPS) is 11.2. The van der Waals surface area contributed by atoms with Gasteiger partial charge in [-0.15, -0.1) is 29.7 Å². The van der Waals surface area contributed by atoms with Crippen molar-refractivity contribution >= 4 is 27.3 Å². The number of hydrogen-bond donors (Lipinski definition) is 0. The molecule has 0 saturated carbocycles. The number of aromatic nitrogens is 2. The molecule has 0 aliphatic rings. The van der Waals surface area contributed by atoms with Gasteiger partial charge in [-0.05, 0) is 54.5 Å². The first-order chi connectivity index (χ1) is 12.6. The van der Waals surface area contributed by atoms with Crippen LogP contribution in [0, 0.1) is 26.8 Å². The fraction of sp³-hybridized carbons (Fsp3) is 0.125. The van der Waals surface area contributed by atoms with Gasteiger partial charge in [0, 0.05) is 37.5 Å². The summed E-state index contributed by atoms with van der Waals surface area (Å²) in [5.74, 6) is 0. The van der Waals surface area contributed by atoms with Gasteiger partial charge in [-0.25, -0.2) is 0 Å². The summed E-state index contributed by atoms with van der Waals surface area (Å²) in [4.78, 5) is 4.73. The quantitative estimate of drug-likeness (QED) is 0.192. The van der Waals surface area contributed by atoms with Gasteiger partial charge in [-0.2, -0.15) is 0 Å². The van der Waals surface area contributed by atoms with Crippen LogP contribution < -0.4 is 0 Å². The Morgan fingerprint density at radius 1 is 0.889 bits per heavy atom. The summed E-state index contributed by atoms with van der Waals surface area (Å²) in [6.45, 7) is 6.40. The van der Waals surface area contributed by atoms with Gasteiger partial charge >= 0.3 is 0 Å². The smallest absolute Gasteiger partial charge is 0.0611 e. The number of pyridine rings is 1. The molecule has 0 aliphatic carbocycles. The van der Waals surface area contributed by atoms with Gasteiger partial charge in [-0.1, -0.05) is 35.7 Å². The van der Waals surface area contributed by atoms with Gasteiger partial charge in [0.2, 0.25) is 0 Å². The molecule has 5 rings (SSSR count). The van der Waals surface area contributed by atoms with E-state index in [0.29, 0.717) is 0 Å². The molecule has 0 saturated heterocycles. The van der Waals surface area contributed by atoms with Gasteiger partial charge in [0.1, 0.15) is 0 Å². The van der Waals surface area contributed by atoms with Crippen molar-refractivity contribution in [2.24, 2.45) is 0 Å². The van der Waals surface area contributed by atoms with Gasteiger partial charge in [0.15, 0.2) is 0 Å². The van der Waals surface area contributed by atoms with E-state index < -0.39 is 0 Å². The average Bonchev–Trinajstić information content (AvgIpc) is 3.03. The van der Waals surface area contributed by atoms with Gasteiger partial charge in [0.05, 0.1) is 5.65 Å². The SMILES string of the molecule is Cc1cn2c3ccc(-c4c(C)cccc4C)cc3c3ccc[c-]c3c2n1.[Ir]. The Balaban J connectivity index is 0.00000180. The number of hydrogen-bond acceptors (Lipinski definition) is 1. The topological polar surface area (TPSA) is 17.3 Å². The molecule has 1 radical (unpaired) electrons. The van der Waals surface area contributed by atoms with Crippen LogP contribution in [0.25, 0.3) is 38.4 Å². The summed E-state index contributed by atoms with van der Waals surface area (Å²) in [7, 11) is 0. The molecule has 5 aromatic rings. The van der Waals surface area contributed by atoms with E-state index in [1.807, 2.05) is 13.0 Å². The van der Waals surface area contributed by atoms with Crippen molar-refractivity contribution in [1.82, 2.24) is 9.38 Å². The van der Waals surface area contributed by atoms with Crippen LogP contribution in [0.2, 0.25) is 0 Å². The summed E-state index contributed by atoms with van der Waals surface area (Å²) in [5.41, 5.74) is 8.38. The second kappa shape index (κ2) is 6.60. The number of rotatable bonds is 1. The van der Waals surface area contributed by atoms with Crippen molar-refractivity contribution in [3.05, 3.63) is 83.7 Å². The van der Waals surface area contributed by atoms with Crippen molar-refractivity contribution < 1.29 is 20.1 Å². The third kappa shape index (κ3) is 2.70. The molecule has 0 fully saturated rings. The number of aryl methyl sites for hydroxylation is 3. The third-order valence-electron chi connectivity index (χ3n) is 5.22. The van der Waals surface area contributed by atoms with Crippen molar-refractivity contribution in [3.8, 4) is 11.1 Å². The monoisotopic (exact) mass is 528 g/mol. The fourth-order valence-electron chi connectivity index (χ4n) is 4.09. The maximum absolute atomic E-state index is 4.73. The van der Waals surface area contributed by atoms with Crippen molar-refractivity contribution in [2.45, 2.75) is 20.8 Å². The zero-order valence-corrected chi connectivity index (χ0v) is 17.9. The van der Waals surface area contributed by atoms with Crippen LogP contribution in [0.1, 0.15) is 16.8 Å². The fourth-order valence-corrected chi connectivity index (χ4v) is 4.09. The van der Waals surface area contributed by atoms with E-state index in [-0.39, 0.29) is 20.1 Å². The molecular weight excluding hydrogens is 508 g/mol. The van der Waals surface area contributed by atoms with Crippen LogP contribution >= 0.6 is 0 Å². The predicted octanol–water partition coefficient (Wildman–Crippen LogP) is 6.03. The van der Waals surface area contributed by atoms with Gasteiger partial charge in [0.25, 0.3) is 0 Å². The molecular formula is C24H19IrN2-. The Bertz CT molecular complexity index is 1290. The minimum Gasteiger partial charge on any atom is -0.340 e. The minimum atomic E-state index is 0. The number of imidazole rings is 1. The molecule has 2 nitrogen and oxygen atoms in total. The maximum Gasteiger partial charge on any atom is 0.0611 e. The summed E-state index contributed by atoms with van der Waals surface area (Å²) >= 11 is 0. The molecule has 0 unspecified atom stereocenters. The van der Waals surface area contributed by atoms with E-state index >= 15 is 0 Å². The predicted molar refractivity (Wildman–Crippen MR) is 109 cm³/mol. The largest absolute Gasteiger partial charge is 0.340 e. The molecule has 0 N–H and O–H groups in total. The van der Waals surface area contributed by atoms with E-state index in [0.717, 1.165) is 16.7 Å². The van der Waals surface area contributed by atoms with Crippen molar-refractivity contribution in [1.29, 1.82) is 0 Å². The molecule has 0 amide bonds. The number of nitrogens with zero attached hydrogens (tertiary/aromatic N) is 2. The second-order valence-corrected chi connectivity index (χ2v) is 7.03. The molecule has 0 spiro atoms. The van der Waals surface area contributed by atoms with Gasteiger partial charge in [-0.3, -0.25) is 4.98 Å². The molecule has 0 atom stereocenters. The van der Waals surface area contributed by atoms with Crippen LogP contribution in [0.5, 0.6) is 0 Å². The molecule has 27 heavy (non-hydrogen) atoms. The molecule has 135 valence electrons. The Morgan fingerprint density at radius 3 is 2.44 bits per heavy atom. The summed E-state index contributed by atoms with van der Waals surface area (Å²) in [6.07, 6.45) is 2.11. The zero-order chi connectivity index (χ0) is 17.8. The van der Waals surface area contributed by atoms with Crippen molar-refractivity contribution in [2.75, 3.05) is 0 Å². The third-order valence-corrected chi connectivity index (χ3v) is 5.22. The molecule has 2 heterocycles. The Morgan fingerprint density at radius 2 is 1.67 bits per heavy atom. The minimum absolute atomic E-state index is 0. The van der Waals surface area contributed by atoms with E-state index in [2.05, 4.69) is 79.0 Å². The summed E-state index contributed by atoms with van der Waals surface area (Å²) in [6, 6.07) is 22.8. The molecule has 0 bridgehead atoms. The first-order valence-corrected chi connectivity index (χ1v) is 8.92.